The number of aliphatic hydroxyl groups excluding tert-OH is 1. The third kappa shape index (κ3) is 4.20. The minimum Gasteiger partial charge on any atom is -0.396 e. The second-order valence-electron chi connectivity index (χ2n) is 7.18. The van der Waals surface area contributed by atoms with E-state index in [1.54, 1.807) is 0 Å². The molecule has 1 aliphatic heterocycles. The van der Waals surface area contributed by atoms with Crippen LogP contribution in [-0.4, -0.2) is 46.6 Å². The first-order valence-electron chi connectivity index (χ1n) is 9.15. The topological polar surface area (TPSA) is 45.5 Å². The fraction of sp³-hybridized carbons (Fsp3) is 0.476. The molecule has 1 aromatic carbocycles. The lowest BCUT2D eigenvalue weighted by atomic mass is 9.97. The van der Waals surface area contributed by atoms with E-state index < -0.39 is 0 Å². The van der Waals surface area contributed by atoms with Crippen molar-refractivity contribution in [1.29, 1.82) is 0 Å². The van der Waals surface area contributed by atoms with Gasteiger partial charge in [-0.2, -0.15) is 0 Å². The molecule has 3 rings (SSSR count). The molecule has 0 bridgehead atoms. The summed E-state index contributed by atoms with van der Waals surface area (Å²) in [5, 5.41) is 9.24. The number of carbonyl (C=O) groups is 1. The van der Waals surface area contributed by atoms with Gasteiger partial charge in [-0.15, -0.1) is 0 Å². The zero-order chi connectivity index (χ0) is 17.8. The standard InChI is InChI=1S/C21H28N2O2/c1-16-12-20(17(2)23(16)13-18-6-4-3-5-7-18)21(25)14-22-10-8-19(15-24)9-11-22/h3-7,12,19,24H,8-11,13-15H2,1-2H3. The molecule has 1 aromatic heterocycles. The summed E-state index contributed by atoms with van der Waals surface area (Å²) in [4.78, 5) is 15.0. The highest BCUT2D eigenvalue weighted by Gasteiger charge is 2.22. The monoisotopic (exact) mass is 340 g/mol. The number of nitrogens with zero attached hydrogens (tertiary/aromatic N) is 2. The lowest BCUT2D eigenvalue weighted by Gasteiger charge is -2.30. The van der Waals surface area contributed by atoms with Gasteiger partial charge in [0.15, 0.2) is 5.78 Å². The van der Waals surface area contributed by atoms with Crippen LogP contribution in [0.2, 0.25) is 0 Å². The summed E-state index contributed by atoms with van der Waals surface area (Å²) >= 11 is 0. The molecule has 0 aliphatic carbocycles. The first-order chi connectivity index (χ1) is 12.1. The van der Waals surface area contributed by atoms with Crippen molar-refractivity contribution < 1.29 is 9.90 Å². The highest BCUT2D eigenvalue weighted by molar-refractivity contribution is 5.99. The molecule has 0 unspecified atom stereocenters. The summed E-state index contributed by atoms with van der Waals surface area (Å²) in [5.41, 5.74) is 4.27. The Balaban J connectivity index is 1.68. The van der Waals surface area contributed by atoms with E-state index in [2.05, 4.69) is 28.5 Å². The van der Waals surface area contributed by atoms with Crippen molar-refractivity contribution >= 4 is 5.78 Å². The van der Waals surface area contributed by atoms with Gasteiger partial charge in [0, 0.05) is 30.1 Å². The predicted molar refractivity (Wildman–Crippen MR) is 100 cm³/mol. The Kier molecular flexibility index (Phi) is 5.71. The molecule has 1 fully saturated rings. The number of carbonyl (C=O) groups excluding carboxylic acids is 1. The smallest absolute Gasteiger partial charge is 0.178 e. The van der Waals surface area contributed by atoms with Gasteiger partial charge in [-0.25, -0.2) is 0 Å². The molecule has 2 aromatic rings. The van der Waals surface area contributed by atoms with Crippen molar-refractivity contribution in [3.05, 3.63) is 58.9 Å². The number of aromatic nitrogens is 1. The Morgan fingerprint density at radius 2 is 1.84 bits per heavy atom. The molecule has 0 saturated carbocycles. The Hall–Kier alpha value is -1.91. The molecule has 0 spiro atoms. The Bertz CT molecular complexity index is 713. The summed E-state index contributed by atoms with van der Waals surface area (Å²) in [6.07, 6.45) is 1.97. The van der Waals surface area contributed by atoms with Crippen LogP contribution >= 0.6 is 0 Å². The number of benzene rings is 1. The summed E-state index contributed by atoms with van der Waals surface area (Å²) < 4.78 is 2.22. The van der Waals surface area contributed by atoms with Crippen molar-refractivity contribution in [3.63, 3.8) is 0 Å². The lowest BCUT2D eigenvalue weighted by molar-refractivity contribution is 0.0863. The van der Waals surface area contributed by atoms with Crippen LogP contribution in [0.15, 0.2) is 36.4 Å². The normalized spacial score (nSPS) is 16.3. The average molecular weight is 340 g/mol. The van der Waals surface area contributed by atoms with E-state index in [-0.39, 0.29) is 12.4 Å². The molecule has 1 N–H and O–H groups in total. The first-order valence-corrected chi connectivity index (χ1v) is 9.15. The molecule has 0 amide bonds. The minimum absolute atomic E-state index is 0.204. The van der Waals surface area contributed by atoms with Crippen molar-refractivity contribution in [2.45, 2.75) is 33.2 Å². The third-order valence-corrected chi connectivity index (χ3v) is 5.39. The number of hydrogen-bond acceptors (Lipinski definition) is 3. The van der Waals surface area contributed by atoms with Gasteiger partial charge in [-0.3, -0.25) is 9.69 Å². The predicted octanol–water partition coefficient (Wildman–Crippen LogP) is 3.04. The van der Waals surface area contributed by atoms with Gasteiger partial charge in [-0.1, -0.05) is 30.3 Å². The fourth-order valence-corrected chi connectivity index (χ4v) is 3.71. The van der Waals surface area contributed by atoms with Crippen LogP contribution in [0.1, 0.15) is 40.2 Å². The van der Waals surface area contributed by atoms with Crippen molar-refractivity contribution in [3.8, 4) is 0 Å². The molecule has 1 saturated heterocycles. The molecule has 1 aliphatic rings. The summed E-state index contributed by atoms with van der Waals surface area (Å²) in [6.45, 7) is 7.46. The maximum atomic E-state index is 12.8. The maximum Gasteiger partial charge on any atom is 0.178 e. The minimum atomic E-state index is 0.204. The van der Waals surface area contributed by atoms with Gasteiger partial charge in [0.25, 0.3) is 0 Å². The van der Waals surface area contributed by atoms with E-state index in [4.69, 9.17) is 0 Å². The first kappa shape index (κ1) is 17.9. The lowest BCUT2D eigenvalue weighted by Crippen LogP contribution is -2.38. The van der Waals surface area contributed by atoms with Crippen LogP contribution in [0.25, 0.3) is 0 Å². The SMILES string of the molecule is Cc1cc(C(=O)CN2CCC(CO)CC2)c(C)n1Cc1ccccc1. The highest BCUT2D eigenvalue weighted by atomic mass is 16.3. The highest BCUT2D eigenvalue weighted by Crippen LogP contribution is 2.20. The molecule has 4 nitrogen and oxygen atoms in total. The molecular weight excluding hydrogens is 312 g/mol. The molecule has 4 heteroatoms. The Morgan fingerprint density at radius 3 is 2.48 bits per heavy atom. The number of Topliss-reactive ketones (excluding diaryl/α,β-unsaturated/α-hetero) is 1. The largest absolute Gasteiger partial charge is 0.396 e. The zero-order valence-electron chi connectivity index (χ0n) is 15.2. The average Bonchev–Trinajstić information content (AvgIpc) is 2.91. The second-order valence-corrected chi connectivity index (χ2v) is 7.18. The fourth-order valence-electron chi connectivity index (χ4n) is 3.71. The molecule has 0 atom stereocenters. The molecule has 0 radical (unpaired) electrons. The van der Waals surface area contributed by atoms with Crippen LogP contribution in [0.3, 0.4) is 0 Å². The number of aryl methyl sites for hydroxylation is 1. The molecule has 134 valence electrons. The molecular formula is C21H28N2O2. The van der Waals surface area contributed by atoms with E-state index in [0.29, 0.717) is 12.5 Å². The number of piperidine rings is 1. The van der Waals surface area contributed by atoms with Gasteiger partial charge in [0.05, 0.1) is 6.54 Å². The Morgan fingerprint density at radius 1 is 1.16 bits per heavy atom. The number of likely N-dealkylation sites (tertiary alicyclic amines) is 1. The molecule has 25 heavy (non-hydrogen) atoms. The van der Waals surface area contributed by atoms with E-state index in [9.17, 15) is 9.90 Å². The van der Waals surface area contributed by atoms with Crippen molar-refractivity contribution in [2.24, 2.45) is 5.92 Å². The van der Waals surface area contributed by atoms with Gasteiger partial charge < -0.3 is 9.67 Å². The summed E-state index contributed by atoms with van der Waals surface area (Å²) in [6, 6.07) is 12.4. The van der Waals surface area contributed by atoms with Gasteiger partial charge in [0.1, 0.15) is 0 Å². The van der Waals surface area contributed by atoms with Crippen LogP contribution in [-0.2, 0) is 6.54 Å². The summed E-state index contributed by atoms with van der Waals surface area (Å²) in [5.74, 6) is 0.608. The van der Waals surface area contributed by atoms with Gasteiger partial charge in [-0.05, 0) is 57.3 Å². The second kappa shape index (κ2) is 7.98. The third-order valence-electron chi connectivity index (χ3n) is 5.39. The van der Waals surface area contributed by atoms with Crippen LogP contribution in [0.5, 0.6) is 0 Å². The quantitative estimate of drug-likeness (QED) is 0.822. The van der Waals surface area contributed by atoms with E-state index in [1.807, 2.05) is 31.2 Å². The number of hydrogen-bond donors (Lipinski definition) is 1. The molecule has 2 heterocycles. The number of rotatable bonds is 6. The van der Waals surface area contributed by atoms with Gasteiger partial charge >= 0.3 is 0 Å². The summed E-state index contributed by atoms with van der Waals surface area (Å²) in [7, 11) is 0. The van der Waals surface area contributed by atoms with Crippen LogP contribution in [0.4, 0.5) is 0 Å². The van der Waals surface area contributed by atoms with E-state index in [1.165, 1.54) is 5.56 Å². The zero-order valence-corrected chi connectivity index (χ0v) is 15.2. The van der Waals surface area contributed by atoms with Crippen LogP contribution in [0, 0.1) is 19.8 Å². The van der Waals surface area contributed by atoms with E-state index in [0.717, 1.165) is 49.4 Å². The van der Waals surface area contributed by atoms with Gasteiger partial charge in [0.2, 0.25) is 0 Å². The number of ketones is 1. The maximum absolute atomic E-state index is 12.8. The van der Waals surface area contributed by atoms with E-state index >= 15 is 0 Å². The van der Waals surface area contributed by atoms with Crippen LogP contribution < -0.4 is 0 Å². The Labute approximate surface area is 150 Å². The van der Waals surface area contributed by atoms with Crippen molar-refractivity contribution in [1.82, 2.24) is 9.47 Å². The van der Waals surface area contributed by atoms with Crippen molar-refractivity contribution in [2.75, 3.05) is 26.2 Å². The number of aliphatic hydroxyl groups is 1.